The van der Waals surface area contributed by atoms with E-state index in [1.165, 1.54) is 23.1 Å². The number of carbonyl (C=O) groups excluding carboxylic acids is 2. The highest BCUT2D eigenvalue weighted by molar-refractivity contribution is 8.00. The second kappa shape index (κ2) is 11.0. The van der Waals surface area contributed by atoms with Crippen molar-refractivity contribution in [3.63, 3.8) is 0 Å². The van der Waals surface area contributed by atoms with E-state index in [2.05, 4.69) is 20.9 Å². The van der Waals surface area contributed by atoms with Crippen LogP contribution in [0.4, 0.5) is 21.3 Å². The summed E-state index contributed by atoms with van der Waals surface area (Å²) in [4.78, 5) is 30.2. The Kier molecular flexibility index (Phi) is 7.66. The number of urea groups is 1. The average molecular weight is 493 g/mol. The Labute approximate surface area is 205 Å². The molecule has 1 unspecified atom stereocenters. The molecule has 3 N–H and O–H groups in total. The summed E-state index contributed by atoms with van der Waals surface area (Å²) in [6.07, 6.45) is 0. The predicted molar refractivity (Wildman–Crippen MR) is 140 cm³/mol. The van der Waals surface area contributed by atoms with Gasteiger partial charge in [-0.25, -0.2) is 9.78 Å². The van der Waals surface area contributed by atoms with Crippen LogP contribution in [0, 0.1) is 0 Å². The van der Waals surface area contributed by atoms with Crippen LogP contribution in [0.1, 0.15) is 13.8 Å². The first-order chi connectivity index (χ1) is 16.5. The van der Waals surface area contributed by atoms with Gasteiger partial charge in [-0.2, -0.15) is 0 Å². The lowest BCUT2D eigenvalue weighted by atomic mass is 10.3. The maximum Gasteiger partial charge on any atom is 0.323 e. The van der Waals surface area contributed by atoms with Gasteiger partial charge in [0.2, 0.25) is 5.91 Å². The van der Waals surface area contributed by atoms with Crippen molar-refractivity contribution in [3.05, 3.63) is 72.8 Å². The van der Waals surface area contributed by atoms with Gasteiger partial charge in [-0.1, -0.05) is 29.5 Å². The summed E-state index contributed by atoms with van der Waals surface area (Å²) < 4.78 is 6.49. The Balaban J connectivity index is 1.30. The van der Waals surface area contributed by atoms with Gasteiger partial charge in [0.1, 0.15) is 5.75 Å². The molecule has 0 aliphatic heterocycles. The number of benzene rings is 3. The molecule has 0 bridgehead atoms. The second-order valence-electron chi connectivity index (χ2n) is 7.30. The zero-order chi connectivity index (χ0) is 23.9. The Morgan fingerprint density at radius 1 is 0.971 bits per heavy atom. The fourth-order valence-corrected chi connectivity index (χ4v) is 4.88. The van der Waals surface area contributed by atoms with Crippen LogP contribution in [-0.4, -0.2) is 28.8 Å². The highest BCUT2D eigenvalue weighted by atomic mass is 32.2. The molecule has 1 heterocycles. The predicted octanol–water partition coefficient (Wildman–Crippen LogP) is 6.46. The molecule has 3 amide bonds. The number of hydrogen-bond acceptors (Lipinski definition) is 6. The van der Waals surface area contributed by atoms with Crippen molar-refractivity contribution < 1.29 is 14.3 Å². The molecule has 0 fully saturated rings. The zero-order valence-corrected chi connectivity index (χ0v) is 20.3. The molecular weight excluding hydrogens is 468 g/mol. The molecule has 0 radical (unpaired) electrons. The quantitative estimate of drug-likeness (QED) is 0.246. The molecule has 0 saturated carbocycles. The molecule has 1 aromatic heterocycles. The lowest BCUT2D eigenvalue weighted by molar-refractivity contribution is -0.115. The number of hydrogen-bond donors (Lipinski definition) is 3. The maximum atomic E-state index is 12.7. The Morgan fingerprint density at radius 3 is 2.38 bits per heavy atom. The van der Waals surface area contributed by atoms with Gasteiger partial charge in [0.15, 0.2) is 5.13 Å². The van der Waals surface area contributed by atoms with Gasteiger partial charge in [0.25, 0.3) is 0 Å². The molecule has 0 saturated heterocycles. The fraction of sp³-hybridized carbons (Fsp3) is 0.160. The van der Waals surface area contributed by atoms with Crippen LogP contribution in [0.15, 0.2) is 77.7 Å². The smallest absolute Gasteiger partial charge is 0.323 e. The first-order valence-electron chi connectivity index (χ1n) is 10.7. The first-order valence-corrected chi connectivity index (χ1v) is 12.4. The lowest BCUT2D eigenvalue weighted by Crippen LogP contribution is -2.22. The van der Waals surface area contributed by atoms with Gasteiger partial charge in [-0.3, -0.25) is 4.79 Å². The summed E-state index contributed by atoms with van der Waals surface area (Å²) in [5.74, 6) is 0.662. The molecule has 174 valence electrons. The van der Waals surface area contributed by atoms with Gasteiger partial charge in [0, 0.05) is 16.3 Å². The third kappa shape index (κ3) is 6.27. The number of nitrogens with zero attached hydrogens (tertiary/aromatic N) is 1. The van der Waals surface area contributed by atoms with Gasteiger partial charge >= 0.3 is 6.03 Å². The number of amides is 3. The van der Waals surface area contributed by atoms with E-state index in [0.717, 1.165) is 26.5 Å². The number of thioether (sulfide) groups is 1. The number of fused-ring (bicyclic) bond motifs is 1. The van der Waals surface area contributed by atoms with E-state index in [4.69, 9.17) is 4.74 Å². The average Bonchev–Trinajstić information content (AvgIpc) is 3.22. The molecular formula is C25H24N4O3S2. The molecule has 4 aromatic rings. The molecule has 1 atom stereocenters. The number of para-hydroxylation sites is 1. The number of ether oxygens (including phenoxy) is 1. The minimum atomic E-state index is -0.328. The minimum absolute atomic E-state index is 0.126. The third-order valence-corrected chi connectivity index (χ3v) is 6.77. The number of aromatic nitrogens is 1. The van der Waals surface area contributed by atoms with E-state index in [1.54, 1.807) is 12.1 Å². The Bertz CT molecular complexity index is 1280. The topological polar surface area (TPSA) is 92.3 Å². The van der Waals surface area contributed by atoms with Gasteiger partial charge in [0.05, 0.1) is 22.1 Å². The van der Waals surface area contributed by atoms with Crippen LogP contribution in [-0.2, 0) is 4.79 Å². The van der Waals surface area contributed by atoms with E-state index >= 15 is 0 Å². The van der Waals surface area contributed by atoms with Crippen molar-refractivity contribution in [2.24, 2.45) is 0 Å². The van der Waals surface area contributed by atoms with Crippen LogP contribution in [0.2, 0.25) is 0 Å². The van der Waals surface area contributed by atoms with Crippen LogP contribution in [0.3, 0.4) is 0 Å². The van der Waals surface area contributed by atoms with Crippen LogP contribution in [0.5, 0.6) is 5.75 Å². The fourth-order valence-electron chi connectivity index (χ4n) is 3.11. The number of anilines is 3. The number of nitrogens with one attached hydrogen (secondary N) is 3. The van der Waals surface area contributed by atoms with E-state index in [1.807, 2.05) is 74.5 Å². The van der Waals surface area contributed by atoms with E-state index in [0.29, 0.717) is 17.4 Å². The Morgan fingerprint density at radius 2 is 1.68 bits per heavy atom. The van der Waals surface area contributed by atoms with Crippen LogP contribution >= 0.6 is 23.1 Å². The van der Waals surface area contributed by atoms with Crippen LogP contribution < -0.4 is 20.7 Å². The van der Waals surface area contributed by atoms with Crippen molar-refractivity contribution >= 4 is 61.8 Å². The second-order valence-corrected chi connectivity index (χ2v) is 9.75. The minimum Gasteiger partial charge on any atom is -0.494 e. The molecule has 3 aromatic carbocycles. The maximum absolute atomic E-state index is 12.7. The number of rotatable bonds is 8. The standard InChI is InChI=1S/C25H24N4O3S2/c1-3-32-19-11-14-21-22(15-19)34-25(28-21)29-23(30)16(2)33-20-12-9-18(10-13-20)27-24(31)26-17-7-5-4-6-8-17/h4-16H,3H2,1-2H3,(H2,26,27,31)(H,28,29,30). The molecule has 0 spiro atoms. The molecule has 7 nitrogen and oxygen atoms in total. The van der Waals surface area contributed by atoms with Crippen molar-refractivity contribution in [1.29, 1.82) is 0 Å². The third-order valence-electron chi connectivity index (χ3n) is 4.73. The largest absolute Gasteiger partial charge is 0.494 e. The molecule has 0 aliphatic carbocycles. The normalized spacial score (nSPS) is 11.6. The molecule has 9 heteroatoms. The molecule has 4 rings (SSSR count). The van der Waals surface area contributed by atoms with Gasteiger partial charge in [-0.05, 0) is 68.4 Å². The molecule has 34 heavy (non-hydrogen) atoms. The monoisotopic (exact) mass is 492 g/mol. The zero-order valence-electron chi connectivity index (χ0n) is 18.7. The number of thiazole rings is 1. The SMILES string of the molecule is CCOc1ccc2nc(NC(=O)C(C)Sc3ccc(NC(=O)Nc4ccccc4)cc3)sc2c1. The summed E-state index contributed by atoms with van der Waals surface area (Å²) >= 11 is 2.85. The summed E-state index contributed by atoms with van der Waals surface area (Å²) in [5.41, 5.74) is 2.20. The first kappa shape index (κ1) is 23.6. The Hall–Kier alpha value is -3.56. The highest BCUT2D eigenvalue weighted by Crippen LogP contribution is 2.31. The van der Waals surface area contributed by atoms with Crippen molar-refractivity contribution in [1.82, 2.24) is 4.98 Å². The summed E-state index contributed by atoms with van der Waals surface area (Å²) in [6.45, 7) is 4.38. The van der Waals surface area contributed by atoms with E-state index < -0.39 is 0 Å². The van der Waals surface area contributed by atoms with Crippen LogP contribution in [0.25, 0.3) is 10.2 Å². The van der Waals surface area contributed by atoms with Crippen molar-refractivity contribution in [3.8, 4) is 5.75 Å². The van der Waals surface area contributed by atoms with Crippen molar-refractivity contribution in [2.75, 3.05) is 22.6 Å². The summed E-state index contributed by atoms with van der Waals surface area (Å²) in [6, 6.07) is 22.0. The lowest BCUT2D eigenvalue weighted by Gasteiger charge is -2.11. The van der Waals surface area contributed by atoms with Crippen molar-refractivity contribution in [2.45, 2.75) is 24.0 Å². The van der Waals surface area contributed by atoms with E-state index in [9.17, 15) is 9.59 Å². The summed E-state index contributed by atoms with van der Waals surface area (Å²) in [5, 5.41) is 8.71. The van der Waals surface area contributed by atoms with Gasteiger partial charge < -0.3 is 20.7 Å². The highest BCUT2D eigenvalue weighted by Gasteiger charge is 2.17. The molecule has 0 aliphatic rings. The number of carbonyl (C=O) groups is 2. The van der Waals surface area contributed by atoms with Gasteiger partial charge in [-0.15, -0.1) is 11.8 Å². The van der Waals surface area contributed by atoms with E-state index in [-0.39, 0.29) is 17.2 Å². The summed E-state index contributed by atoms with van der Waals surface area (Å²) in [7, 11) is 0.